The number of nitrogens with zero attached hydrogens (tertiary/aromatic N) is 3. The van der Waals surface area contributed by atoms with Gasteiger partial charge in [0.2, 0.25) is 5.13 Å². The molecule has 0 N–H and O–H groups in total. The molecule has 0 aromatic carbocycles. The first-order chi connectivity index (χ1) is 8.38. The molecule has 2 aliphatic rings. The Bertz CT molecular complexity index is 374. The molecule has 2 aliphatic carbocycles. The van der Waals surface area contributed by atoms with Gasteiger partial charge >= 0.3 is 0 Å². The number of rotatable bonds is 6. The minimum absolute atomic E-state index is 0.680. The van der Waals surface area contributed by atoms with E-state index in [1.54, 1.807) is 11.5 Å². The Morgan fingerprint density at radius 1 is 1.29 bits per heavy atom. The van der Waals surface area contributed by atoms with E-state index < -0.39 is 0 Å². The van der Waals surface area contributed by atoms with Crippen molar-refractivity contribution in [3.8, 4) is 0 Å². The fraction of sp³-hybridized carbons (Fsp3) is 0.833. The fourth-order valence-corrected chi connectivity index (χ4v) is 3.31. The van der Waals surface area contributed by atoms with Gasteiger partial charge < -0.3 is 4.90 Å². The summed E-state index contributed by atoms with van der Waals surface area (Å²) in [4.78, 5) is 7.24. The van der Waals surface area contributed by atoms with Crippen LogP contribution in [0.1, 0.15) is 50.3 Å². The predicted molar refractivity (Wildman–Crippen MR) is 75.3 cm³/mol. The summed E-state index contributed by atoms with van der Waals surface area (Å²) >= 11 is 5.12. The number of halogens is 1. The molecule has 5 heteroatoms. The van der Waals surface area contributed by atoms with Crippen LogP contribution in [0.4, 0.5) is 5.13 Å². The minimum Gasteiger partial charge on any atom is -0.344 e. The molecule has 1 aromatic heterocycles. The second kappa shape index (κ2) is 5.22. The molecule has 0 saturated heterocycles. The minimum atomic E-state index is 0.680. The lowest BCUT2D eigenvalue weighted by atomic mass is 9.92. The van der Waals surface area contributed by atoms with E-state index in [4.69, 9.17) is 4.98 Å². The molecule has 2 saturated carbocycles. The van der Waals surface area contributed by atoms with Gasteiger partial charge in [0, 0.05) is 35.4 Å². The molecular formula is C12H18BrN3S. The van der Waals surface area contributed by atoms with Crippen molar-refractivity contribution in [1.29, 1.82) is 0 Å². The highest BCUT2D eigenvalue weighted by Gasteiger charge is 2.31. The van der Waals surface area contributed by atoms with Crippen LogP contribution in [0.2, 0.25) is 0 Å². The third-order valence-electron chi connectivity index (χ3n) is 3.67. The van der Waals surface area contributed by atoms with E-state index in [2.05, 4.69) is 25.2 Å². The van der Waals surface area contributed by atoms with Crippen LogP contribution in [0.15, 0.2) is 0 Å². The van der Waals surface area contributed by atoms with E-state index in [1.807, 2.05) is 0 Å². The summed E-state index contributed by atoms with van der Waals surface area (Å²) in [6.07, 6.45) is 7.82. The van der Waals surface area contributed by atoms with Gasteiger partial charge in [-0.2, -0.15) is 4.37 Å². The summed E-state index contributed by atoms with van der Waals surface area (Å²) < 4.78 is 4.53. The third kappa shape index (κ3) is 2.65. The standard InChI is InChI=1S/C12H18BrN3S/c13-7-2-8-16(10-3-1-4-10)12-14-11(15-17-12)9-5-6-9/h9-10H,1-8H2. The Hall–Kier alpha value is -0.160. The lowest BCUT2D eigenvalue weighted by Gasteiger charge is -2.37. The van der Waals surface area contributed by atoms with Crippen LogP contribution in [0.3, 0.4) is 0 Å². The van der Waals surface area contributed by atoms with E-state index >= 15 is 0 Å². The molecule has 0 bridgehead atoms. The van der Waals surface area contributed by atoms with Crippen LogP contribution >= 0.6 is 27.5 Å². The molecule has 0 radical (unpaired) electrons. The normalized spacial score (nSPS) is 20.3. The monoisotopic (exact) mass is 315 g/mol. The number of alkyl halides is 1. The highest BCUT2D eigenvalue weighted by atomic mass is 79.9. The first kappa shape index (κ1) is 11.9. The first-order valence-electron chi connectivity index (χ1n) is 6.54. The van der Waals surface area contributed by atoms with Crippen molar-refractivity contribution in [1.82, 2.24) is 9.36 Å². The number of hydrogen-bond donors (Lipinski definition) is 0. The molecular weight excluding hydrogens is 298 g/mol. The highest BCUT2D eigenvalue weighted by Crippen LogP contribution is 2.40. The predicted octanol–water partition coefficient (Wildman–Crippen LogP) is 3.56. The zero-order valence-corrected chi connectivity index (χ0v) is 12.3. The smallest absolute Gasteiger partial charge is 0.205 e. The number of aromatic nitrogens is 2. The van der Waals surface area contributed by atoms with E-state index in [0.29, 0.717) is 5.92 Å². The van der Waals surface area contributed by atoms with Crippen LogP contribution in [0.5, 0.6) is 0 Å². The van der Waals surface area contributed by atoms with E-state index in [0.717, 1.165) is 28.9 Å². The van der Waals surface area contributed by atoms with Gasteiger partial charge in [-0.15, -0.1) is 0 Å². The van der Waals surface area contributed by atoms with Gasteiger partial charge in [0.25, 0.3) is 0 Å². The van der Waals surface area contributed by atoms with Crippen LogP contribution in [-0.4, -0.2) is 27.3 Å². The topological polar surface area (TPSA) is 29.0 Å². The van der Waals surface area contributed by atoms with E-state index in [1.165, 1.54) is 38.5 Å². The molecule has 1 heterocycles. The van der Waals surface area contributed by atoms with Crippen molar-refractivity contribution < 1.29 is 0 Å². The lowest BCUT2D eigenvalue weighted by molar-refractivity contribution is 0.386. The fourth-order valence-electron chi connectivity index (χ4n) is 2.21. The molecule has 0 spiro atoms. The van der Waals surface area contributed by atoms with Gasteiger partial charge in [-0.25, -0.2) is 4.98 Å². The van der Waals surface area contributed by atoms with Crippen molar-refractivity contribution in [2.24, 2.45) is 0 Å². The van der Waals surface area contributed by atoms with E-state index in [-0.39, 0.29) is 0 Å². The molecule has 1 aromatic rings. The van der Waals surface area contributed by atoms with Gasteiger partial charge in [0.1, 0.15) is 5.82 Å². The van der Waals surface area contributed by atoms with Crippen molar-refractivity contribution in [2.45, 2.75) is 50.5 Å². The van der Waals surface area contributed by atoms with Crippen molar-refractivity contribution in [2.75, 3.05) is 16.8 Å². The maximum atomic E-state index is 4.75. The maximum absolute atomic E-state index is 4.75. The molecule has 94 valence electrons. The molecule has 2 fully saturated rings. The molecule has 0 aliphatic heterocycles. The summed E-state index contributed by atoms with van der Waals surface area (Å²) in [5.74, 6) is 1.78. The lowest BCUT2D eigenvalue weighted by Crippen LogP contribution is -2.41. The van der Waals surface area contributed by atoms with Crippen LogP contribution in [-0.2, 0) is 0 Å². The molecule has 0 amide bonds. The first-order valence-corrected chi connectivity index (χ1v) is 8.44. The summed E-state index contributed by atoms with van der Waals surface area (Å²) in [7, 11) is 0. The Morgan fingerprint density at radius 3 is 2.71 bits per heavy atom. The van der Waals surface area contributed by atoms with Crippen molar-refractivity contribution in [3.63, 3.8) is 0 Å². The van der Waals surface area contributed by atoms with Gasteiger partial charge in [0.15, 0.2) is 0 Å². The second-order valence-electron chi connectivity index (χ2n) is 5.03. The van der Waals surface area contributed by atoms with Crippen molar-refractivity contribution >= 4 is 32.6 Å². The summed E-state index contributed by atoms with van der Waals surface area (Å²) in [5.41, 5.74) is 0. The zero-order chi connectivity index (χ0) is 11.7. The molecule has 0 atom stereocenters. The Labute approximate surface area is 115 Å². The van der Waals surface area contributed by atoms with E-state index in [9.17, 15) is 0 Å². The molecule has 3 rings (SSSR count). The maximum Gasteiger partial charge on any atom is 0.205 e. The number of anilines is 1. The quantitative estimate of drug-likeness (QED) is 0.752. The average molecular weight is 316 g/mol. The highest BCUT2D eigenvalue weighted by molar-refractivity contribution is 9.09. The van der Waals surface area contributed by atoms with Gasteiger partial charge in [-0.3, -0.25) is 0 Å². The summed E-state index contributed by atoms with van der Waals surface area (Å²) in [6.45, 7) is 1.12. The Kier molecular flexibility index (Phi) is 3.66. The van der Waals surface area contributed by atoms with Crippen LogP contribution in [0.25, 0.3) is 0 Å². The van der Waals surface area contributed by atoms with Crippen LogP contribution in [0, 0.1) is 0 Å². The van der Waals surface area contributed by atoms with Gasteiger partial charge in [-0.1, -0.05) is 15.9 Å². The molecule has 3 nitrogen and oxygen atoms in total. The Morgan fingerprint density at radius 2 is 2.12 bits per heavy atom. The second-order valence-corrected chi connectivity index (χ2v) is 6.55. The zero-order valence-electron chi connectivity index (χ0n) is 9.94. The van der Waals surface area contributed by atoms with Gasteiger partial charge in [0.05, 0.1) is 0 Å². The largest absolute Gasteiger partial charge is 0.344 e. The van der Waals surface area contributed by atoms with Crippen LogP contribution < -0.4 is 4.90 Å². The Balaban J connectivity index is 1.70. The summed E-state index contributed by atoms with van der Waals surface area (Å²) in [6, 6.07) is 0.731. The van der Waals surface area contributed by atoms with Gasteiger partial charge in [-0.05, 0) is 38.5 Å². The SMILES string of the molecule is BrCCCN(c1nc(C2CC2)ns1)C1CCC1. The average Bonchev–Trinajstić information content (AvgIpc) is 3.01. The van der Waals surface area contributed by atoms with Crippen molar-refractivity contribution in [3.05, 3.63) is 5.82 Å². The third-order valence-corrected chi connectivity index (χ3v) is 5.00. The number of hydrogen-bond acceptors (Lipinski definition) is 4. The molecule has 0 unspecified atom stereocenters. The molecule has 17 heavy (non-hydrogen) atoms. The summed E-state index contributed by atoms with van der Waals surface area (Å²) in [5, 5.41) is 2.24.